The van der Waals surface area contributed by atoms with Crippen molar-refractivity contribution in [3.63, 3.8) is 0 Å². The number of amides is 5. The first-order valence-electron chi connectivity index (χ1n) is 15.9. The van der Waals surface area contributed by atoms with Crippen molar-refractivity contribution in [1.29, 1.82) is 0 Å². The molecule has 3 heterocycles. The molecular weight excluding hydrogens is 648 g/mol. The fraction of sp³-hybridized carbons (Fsp3) is 0.324. The van der Waals surface area contributed by atoms with Gasteiger partial charge in [0.15, 0.2) is 0 Å². The number of para-hydroxylation sites is 1. The van der Waals surface area contributed by atoms with Crippen LogP contribution in [0.3, 0.4) is 0 Å². The van der Waals surface area contributed by atoms with Crippen LogP contribution in [0, 0.1) is 0 Å². The predicted molar refractivity (Wildman–Crippen MR) is 178 cm³/mol. The number of hydrogen-bond donors (Lipinski definition) is 9. The van der Waals surface area contributed by atoms with Crippen LogP contribution in [0.25, 0.3) is 10.9 Å². The quantitative estimate of drug-likeness (QED) is 0.0697. The maximum atomic E-state index is 13.8. The molecule has 50 heavy (non-hydrogen) atoms. The van der Waals surface area contributed by atoms with Gasteiger partial charge in [0.25, 0.3) is 0 Å². The van der Waals surface area contributed by atoms with Gasteiger partial charge in [0, 0.05) is 49.0 Å². The molecule has 5 atom stereocenters. The number of nitrogens with zero attached hydrogens (tertiary/aromatic N) is 1. The Labute approximate surface area is 285 Å². The highest BCUT2D eigenvalue weighted by Gasteiger charge is 2.34. The van der Waals surface area contributed by atoms with Crippen molar-refractivity contribution in [1.82, 2.24) is 41.5 Å². The number of aromatic nitrogens is 3. The average Bonchev–Trinajstić information content (AvgIpc) is 3.89. The number of benzene rings is 2. The molecule has 0 saturated carbocycles. The second-order valence-corrected chi connectivity index (χ2v) is 11.9. The molecule has 1 aliphatic rings. The number of aromatic amines is 2. The van der Waals surface area contributed by atoms with Gasteiger partial charge in [0.2, 0.25) is 35.8 Å². The summed E-state index contributed by atoms with van der Waals surface area (Å²) in [6.45, 7) is -0.832. The minimum absolute atomic E-state index is 0.0268. The maximum Gasteiger partial charge on any atom is 0.245 e. The highest BCUT2D eigenvalue weighted by Crippen LogP contribution is 2.20. The molecule has 1 radical (unpaired) electrons. The minimum Gasteiger partial charge on any atom is -0.508 e. The molecule has 5 rings (SSSR count). The number of hydrogen-bond acceptors (Lipinski definition) is 9. The summed E-state index contributed by atoms with van der Waals surface area (Å²) in [6.07, 6.45) is 6.75. The number of rotatable bonds is 16. The number of nitrogens with one attached hydrogen (secondary N) is 7. The number of fused-ring (bicyclic) bond motifs is 1. The number of H-pyrrole nitrogens is 2. The van der Waals surface area contributed by atoms with Crippen molar-refractivity contribution in [2.24, 2.45) is 0 Å². The van der Waals surface area contributed by atoms with Crippen molar-refractivity contribution in [2.45, 2.75) is 62.3 Å². The summed E-state index contributed by atoms with van der Waals surface area (Å²) >= 11 is 0. The molecule has 16 heteroatoms. The molecule has 9 N–H and O–H groups in total. The number of phenolic OH excluding ortho intramolecular Hbond substituents is 1. The zero-order valence-corrected chi connectivity index (χ0v) is 26.8. The highest BCUT2D eigenvalue weighted by atomic mass is 16.3. The van der Waals surface area contributed by atoms with E-state index >= 15 is 0 Å². The number of imidazole rings is 1. The Morgan fingerprint density at radius 2 is 1.58 bits per heavy atom. The smallest absolute Gasteiger partial charge is 0.245 e. The van der Waals surface area contributed by atoms with E-state index in [4.69, 9.17) is 0 Å². The summed E-state index contributed by atoms with van der Waals surface area (Å²) < 4.78 is 0. The molecule has 0 aliphatic carbocycles. The number of aliphatic hydroxyl groups excluding tert-OH is 1. The Kier molecular flexibility index (Phi) is 11.6. The van der Waals surface area contributed by atoms with Crippen LogP contribution in [0.5, 0.6) is 5.75 Å². The van der Waals surface area contributed by atoms with Gasteiger partial charge in [-0.15, -0.1) is 0 Å². The van der Waals surface area contributed by atoms with Gasteiger partial charge >= 0.3 is 0 Å². The first-order valence-corrected chi connectivity index (χ1v) is 15.9. The van der Waals surface area contributed by atoms with Crippen molar-refractivity contribution in [3.05, 3.63) is 84.1 Å². The third-order valence-electron chi connectivity index (χ3n) is 8.30. The second kappa shape index (κ2) is 16.4. The van der Waals surface area contributed by atoms with Crippen LogP contribution in [0.4, 0.5) is 0 Å². The van der Waals surface area contributed by atoms with E-state index in [0.717, 1.165) is 10.9 Å². The summed E-state index contributed by atoms with van der Waals surface area (Å²) in [4.78, 5) is 87.3. The highest BCUT2D eigenvalue weighted by molar-refractivity contribution is 5.97. The van der Waals surface area contributed by atoms with E-state index in [1.165, 1.54) is 18.5 Å². The van der Waals surface area contributed by atoms with Crippen LogP contribution in [-0.4, -0.2) is 97.8 Å². The van der Waals surface area contributed by atoms with Crippen LogP contribution >= 0.6 is 0 Å². The fourth-order valence-corrected chi connectivity index (χ4v) is 5.63. The topological polar surface area (TPSA) is 248 Å². The first kappa shape index (κ1) is 35.3. The molecule has 4 aromatic rings. The third-order valence-corrected chi connectivity index (χ3v) is 8.30. The Hall–Kier alpha value is -6.03. The van der Waals surface area contributed by atoms with E-state index in [-0.39, 0.29) is 43.8 Å². The van der Waals surface area contributed by atoms with Gasteiger partial charge in [-0.1, -0.05) is 30.3 Å². The van der Waals surface area contributed by atoms with Gasteiger partial charge < -0.3 is 46.8 Å². The predicted octanol–water partition coefficient (Wildman–Crippen LogP) is -1.06. The molecular formula is C34H37N8O8. The van der Waals surface area contributed by atoms with E-state index in [0.29, 0.717) is 16.8 Å². The molecule has 2 aromatic heterocycles. The van der Waals surface area contributed by atoms with E-state index < -0.39 is 60.4 Å². The first-order chi connectivity index (χ1) is 24.1. The Morgan fingerprint density at radius 1 is 0.880 bits per heavy atom. The van der Waals surface area contributed by atoms with Gasteiger partial charge in [0.05, 0.1) is 24.7 Å². The van der Waals surface area contributed by atoms with Gasteiger partial charge in [-0.25, -0.2) is 4.98 Å². The van der Waals surface area contributed by atoms with Gasteiger partial charge in [-0.2, -0.15) is 0 Å². The van der Waals surface area contributed by atoms with Gasteiger partial charge in [-0.3, -0.25) is 28.8 Å². The lowest BCUT2D eigenvalue weighted by Gasteiger charge is -2.25. The zero-order chi connectivity index (χ0) is 35.6. The maximum absolute atomic E-state index is 13.8. The SMILES string of the molecule is O=[C][C@H](Cc1ccc(O)cc1)NC(=O)[C@H](CO)NC(=O)[C@H](Cc1c[nH]c2ccccc12)NC(=O)[C@H](Cc1c[nH]cn1)NC(=O)[C@@H]1CCC(=O)N1. The molecule has 261 valence electrons. The molecule has 0 unspecified atom stereocenters. The minimum atomic E-state index is -1.51. The molecule has 1 aliphatic heterocycles. The number of aliphatic hydroxyl groups is 1. The summed E-state index contributed by atoms with van der Waals surface area (Å²) in [6, 6.07) is 7.34. The lowest BCUT2D eigenvalue weighted by molar-refractivity contribution is -0.134. The van der Waals surface area contributed by atoms with Crippen molar-refractivity contribution in [3.8, 4) is 5.75 Å². The summed E-state index contributed by atoms with van der Waals surface area (Å²) in [5.74, 6) is -3.26. The van der Waals surface area contributed by atoms with Crippen LogP contribution in [-0.2, 0) is 48.0 Å². The largest absolute Gasteiger partial charge is 0.508 e. The fourth-order valence-electron chi connectivity index (χ4n) is 5.63. The number of aromatic hydroxyl groups is 1. The summed E-state index contributed by atoms with van der Waals surface area (Å²) in [5, 5.41) is 33.2. The molecule has 5 amide bonds. The van der Waals surface area contributed by atoms with Crippen molar-refractivity contribution in [2.75, 3.05) is 6.61 Å². The van der Waals surface area contributed by atoms with E-state index in [9.17, 15) is 39.0 Å². The standard InChI is InChI=1S/C34H37N8O8/c43-16-22(11-19-5-7-23(45)8-6-19)38-34(50)29(17-44)42-32(48)27(12-20-14-36-25-4-2-1-3-24(20)25)40-33(49)28(13-21-15-35-18-37-21)41-31(47)26-9-10-30(46)39-26/h1-8,14-15,18,22,26-29,36,44-45H,9-13,17H2,(H,35,37)(H,38,50)(H,39,46)(H,40,49)(H,41,47)(H,42,48)/t22-,26-,27-,28-,29-/m0/s1. The normalized spacial score (nSPS) is 16.4. The van der Waals surface area contributed by atoms with Crippen molar-refractivity contribution < 1.29 is 39.0 Å². The summed E-state index contributed by atoms with van der Waals surface area (Å²) in [7, 11) is 0. The molecule has 0 spiro atoms. The third kappa shape index (κ3) is 9.10. The average molecular weight is 686 g/mol. The molecule has 1 fully saturated rings. The summed E-state index contributed by atoms with van der Waals surface area (Å²) in [5.41, 5.74) is 2.52. The van der Waals surface area contributed by atoms with Gasteiger partial charge in [-0.05, 0) is 35.7 Å². The molecule has 0 bridgehead atoms. The molecule has 16 nitrogen and oxygen atoms in total. The Bertz CT molecular complexity index is 1820. The monoisotopic (exact) mass is 685 g/mol. The lowest BCUT2D eigenvalue weighted by Crippen LogP contribution is -2.59. The Balaban J connectivity index is 1.33. The van der Waals surface area contributed by atoms with Crippen LogP contribution < -0.4 is 26.6 Å². The number of carbonyl (C=O) groups excluding carboxylic acids is 6. The number of phenols is 1. The zero-order valence-electron chi connectivity index (χ0n) is 26.8. The van der Waals surface area contributed by atoms with Crippen molar-refractivity contribution >= 4 is 46.7 Å². The van der Waals surface area contributed by atoms with E-state index in [1.54, 1.807) is 30.8 Å². The van der Waals surface area contributed by atoms with Crippen LogP contribution in [0.2, 0.25) is 0 Å². The van der Waals surface area contributed by atoms with Crippen LogP contribution in [0.15, 0.2) is 67.3 Å². The van der Waals surface area contributed by atoms with Gasteiger partial charge in [0.1, 0.15) is 29.9 Å². The lowest BCUT2D eigenvalue weighted by atomic mass is 10.0. The van der Waals surface area contributed by atoms with E-state index in [2.05, 4.69) is 41.5 Å². The number of carbonyl (C=O) groups is 5. The van der Waals surface area contributed by atoms with Crippen LogP contribution in [0.1, 0.15) is 29.7 Å². The molecule has 1 saturated heterocycles. The second-order valence-electron chi connectivity index (χ2n) is 11.9. The Morgan fingerprint density at radius 3 is 2.24 bits per heavy atom. The van der Waals surface area contributed by atoms with E-state index in [1.807, 2.05) is 24.3 Å². The molecule has 2 aromatic carbocycles.